The molecule has 0 aliphatic heterocycles. The highest BCUT2D eigenvalue weighted by molar-refractivity contribution is 5.26. The fourth-order valence-electron chi connectivity index (χ4n) is 1.25. The van der Waals surface area contributed by atoms with Crippen molar-refractivity contribution in [2.75, 3.05) is 5.32 Å². The van der Waals surface area contributed by atoms with E-state index >= 15 is 0 Å². The molecule has 0 unspecified atom stereocenters. The molecule has 0 spiro atoms. The van der Waals surface area contributed by atoms with Gasteiger partial charge in [0, 0.05) is 6.54 Å². The van der Waals surface area contributed by atoms with Crippen molar-refractivity contribution in [3.63, 3.8) is 0 Å². The molecule has 0 saturated heterocycles. The Hall–Kier alpha value is -1.84. The molecule has 15 heavy (non-hydrogen) atoms. The minimum absolute atomic E-state index is 0.466. The Morgan fingerprint density at radius 3 is 2.53 bits per heavy atom. The van der Waals surface area contributed by atoms with Crippen molar-refractivity contribution >= 4 is 6.01 Å². The third kappa shape index (κ3) is 2.56. The topological polar surface area (TPSA) is 51.0 Å². The minimum Gasteiger partial charge on any atom is -0.334 e. The molecule has 0 saturated carbocycles. The maximum absolute atomic E-state index is 4.94. The quantitative estimate of drug-likeness (QED) is 0.831. The van der Waals surface area contributed by atoms with Gasteiger partial charge in [0.1, 0.15) is 0 Å². The smallest absolute Gasteiger partial charge is 0.321 e. The van der Waals surface area contributed by atoms with E-state index in [4.69, 9.17) is 4.52 Å². The van der Waals surface area contributed by atoms with E-state index in [2.05, 4.69) is 46.6 Å². The summed E-state index contributed by atoms with van der Waals surface area (Å²) in [7, 11) is 0. The lowest BCUT2D eigenvalue weighted by Gasteiger charge is -2.01. The first-order chi connectivity index (χ1) is 7.24. The van der Waals surface area contributed by atoms with Gasteiger partial charge in [-0.2, -0.15) is 4.98 Å². The van der Waals surface area contributed by atoms with E-state index in [1.165, 1.54) is 11.1 Å². The summed E-state index contributed by atoms with van der Waals surface area (Å²) in [6.07, 6.45) is 0. The average Bonchev–Trinajstić information content (AvgIpc) is 2.64. The molecule has 0 aliphatic carbocycles. The van der Waals surface area contributed by atoms with Gasteiger partial charge in [-0.05, 0) is 19.4 Å². The van der Waals surface area contributed by atoms with Gasteiger partial charge in [-0.3, -0.25) is 0 Å². The molecule has 2 aromatic rings. The molecule has 0 radical (unpaired) electrons. The van der Waals surface area contributed by atoms with Crippen LogP contribution in [0.1, 0.15) is 17.0 Å². The zero-order chi connectivity index (χ0) is 10.7. The lowest BCUT2D eigenvalue weighted by Crippen LogP contribution is -1.99. The highest BCUT2D eigenvalue weighted by atomic mass is 16.5. The van der Waals surface area contributed by atoms with Crippen LogP contribution in [0.15, 0.2) is 28.8 Å². The molecular formula is C11H13N3O. The Bertz CT molecular complexity index is 433. The second kappa shape index (κ2) is 4.13. The van der Waals surface area contributed by atoms with E-state index in [1.54, 1.807) is 6.92 Å². The normalized spacial score (nSPS) is 10.3. The summed E-state index contributed by atoms with van der Waals surface area (Å²) in [5.74, 6) is 0.640. The Kier molecular flexibility index (Phi) is 2.67. The molecule has 2 rings (SSSR count). The van der Waals surface area contributed by atoms with Crippen LogP contribution in [0.2, 0.25) is 0 Å². The van der Waals surface area contributed by atoms with E-state index in [0.29, 0.717) is 18.4 Å². The lowest BCUT2D eigenvalue weighted by atomic mass is 10.1. The molecule has 0 fully saturated rings. The highest BCUT2D eigenvalue weighted by Crippen LogP contribution is 2.07. The zero-order valence-corrected chi connectivity index (χ0v) is 8.82. The SMILES string of the molecule is Cc1ccc(CNc2nc(C)no2)cc1. The summed E-state index contributed by atoms with van der Waals surface area (Å²) < 4.78 is 4.94. The Balaban J connectivity index is 1.96. The van der Waals surface area contributed by atoms with Gasteiger partial charge in [0.05, 0.1) is 0 Å². The molecule has 0 bridgehead atoms. The van der Waals surface area contributed by atoms with Gasteiger partial charge < -0.3 is 9.84 Å². The second-order valence-corrected chi connectivity index (χ2v) is 3.49. The van der Waals surface area contributed by atoms with E-state index in [1.807, 2.05) is 0 Å². The first kappa shape index (κ1) is 9.71. The van der Waals surface area contributed by atoms with Crippen LogP contribution in [0.3, 0.4) is 0 Å². The molecule has 0 aliphatic rings. The number of aromatic nitrogens is 2. The molecule has 1 aromatic carbocycles. The number of hydrogen-bond acceptors (Lipinski definition) is 4. The Morgan fingerprint density at radius 1 is 1.20 bits per heavy atom. The first-order valence-electron chi connectivity index (χ1n) is 4.84. The maximum atomic E-state index is 4.94. The van der Waals surface area contributed by atoms with Gasteiger partial charge >= 0.3 is 6.01 Å². The average molecular weight is 203 g/mol. The maximum Gasteiger partial charge on any atom is 0.321 e. The molecule has 0 amide bonds. The standard InChI is InChI=1S/C11H13N3O/c1-8-3-5-10(6-4-8)7-12-11-13-9(2)14-15-11/h3-6H,7H2,1-2H3,(H,12,13,14). The Labute approximate surface area is 88.3 Å². The third-order valence-electron chi connectivity index (χ3n) is 2.09. The molecule has 78 valence electrons. The molecule has 0 atom stereocenters. The van der Waals surface area contributed by atoms with Gasteiger partial charge in [0.15, 0.2) is 5.82 Å². The van der Waals surface area contributed by atoms with Crippen LogP contribution in [-0.4, -0.2) is 10.1 Å². The van der Waals surface area contributed by atoms with Crippen LogP contribution in [0.5, 0.6) is 0 Å². The van der Waals surface area contributed by atoms with Gasteiger partial charge in [0.25, 0.3) is 0 Å². The van der Waals surface area contributed by atoms with Crippen molar-refractivity contribution < 1.29 is 4.52 Å². The summed E-state index contributed by atoms with van der Waals surface area (Å²) in [6, 6.07) is 8.77. The molecule has 1 heterocycles. The number of benzene rings is 1. The van der Waals surface area contributed by atoms with Gasteiger partial charge in [0.2, 0.25) is 0 Å². The fraction of sp³-hybridized carbons (Fsp3) is 0.273. The van der Waals surface area contributed by atoms with E-state index in [0.717, 1.165) is 0 Å². The van der Waals surface area contributed by atoms with Crippen molar-refractivity contribution in [2.45, 2.75) is 20.4 Å². The highest BCUT2D eigenvalue weighted by Gasteiger charge is 2.00. The van der Waals surface area contributed by atoms with Crippen molar-refractivity contribution in [3.8, 4) is 0 Å². The van der Waals surface area contributed by atoms with E-state index in [9.17, 15) is 0 Å². The van der Waals surface area contributed by atoms with Crippen LogP contribution in [0, 0.1) is 13.8 Å². The summed E-state index contributed by atoms with van der Waals surface area (Å²) in [5, 5.41) is 6.76. The summed E-state index contributed by atoms with van der Waals surface area (Å²) in [5.41, 5.74) is 2.45. The number of aryl methyl sites for hydroxylation is 2. The van der Waals surface area contributed by atoms with Gasteiger partial charge in [-0.15, -0.1) is 0 Å². The van der Waals surface area contributed by atoms with Crippen molar-refractivity contribution in [1.82, 2.24) is 10.1 Å². The predicted octanol–water partition coefficient (Wildman–Crippen LogP) is 2.30. The monoisotopic (exact) mass is 203 g/mol. The number of nitrogens with zero attached hydrogens (tertiary/aromatic N) is 2. The predicted molar refractivity (Wildman–Crippen MR) is 57.5 cm³/mol. The molecule has 1 N–H and O–H groups in total. The fourth-order valence-corrected chi connectivity index (χ4v) is 1.25. The van der Waals surface area contributed by atoms with Crippen molar-refractivity contribution in [3.05, 3.63) is 41.2 Å². The summed E-state index contributed by atoms with van der Waals surface area (Å²) >= 11 is 0. The van der Waals surface area contributed by atoms with Crippen LogP contribution in [-0.2, 0) is 6.54 Å². The van der Waals surface area contributed by atoms with E-state index < -0.39 is 0 Å². The lowest BCUT2D eigenvalue weighted by molar-refractivity contribution is 0.425. The molecule has 4 nitrogen and oxygen atoms in total. The molecule has 1 aromatic heterocycles. The van der Waals surface area contributed by atoms with Crippen LogP contribution >= 0.6 is 0 Å². The van der Waals surface area contributed by atoms with Crippen molar-refractivity contribution in [1.29, 1.82) is 0 Å². The van der Waals surface area contributed by atoms with Crippen LogP contribution in [0.4, 0.5) is 6.01 Å². The first-order valence-corrected chi connectivity index (χ1v) is 4.84. The summed E-state index contributed by atoms with van der Waals surface area (Å²) in [6.45, 7) is 4.56. The zero-order valence-electron chi connectivity index (χ0n) is 8.82. The van der Waals surface area contributed by atoms with Crippen LogP contribution in [0.25, 0.3) is 0 Å². The van der Waals surface area contributed by atoms with E-state index in [-0.39, 0.29) is 0 Å². The number of anilines is 1. The number of hydrogen-bond donors (Lipinski definition) is 1. The third-order valence-corrected chi connectivity index (χ3v) is 2.09. The Morgan fingerprint density at radius 2 is 1.93 bits per heavy atom. The molecular weight excluding hydrogens is 190 g/mol. The van der Waals surface area contributed by atoms with Gasteiger partial charge in [-0.25, -0.2) is 0 Å². The molecule has 4 heteroatoms. The largest absolute Gasteiger partial charge is 0.334 e. The second-order valence-electron chi connectivity index (χ2n) is 3.49. The van der Waals surface area contributed by atoms with Crippen LogP contribution < -0.4 is 5.32 Å². The van der Waals surface area contributed by atoms with Gasteiger partial charge in [-0.1, -0.05) is 35.0 Å². The summed E-state index contributed by atoms with van der Waals surface area (Å²) in [4.78, 5) is 4.05. The van der Waals surface area contributed by atoms with Crippen molar-refractivity contribution in [2.24, 2.45) is 0 Å². The minimum atomic E-state index is 0.466. The number of rotatable bonds is 3. The number of nitrogens with one attached hydrogen (secondary N) is 1.